The van der Waals surface area contributed by atoms with E-state index in [1.165, 1.54) is 30.4 Å². The topological polar surface area (TPSA) is 65.5 Å². The highest BCUT2D eigenvalue weighted by atomic mass is 35.5. The molecule has 0 aliphatic heterocycles. The summed E-state index contributed by atoms with van der Waals surface area (Å²) < 4.78 is 23.8. The highest BCUT2D eigenvalue weighted by Crippen LogP contribution is 2.22. The lowest BCUT2D eigenvalue weighted by atomic mass is 10.3. The number of nitrogens with two attached hydrogens (primary N) is 1. The van der Waals surface area contributed by atoms with Crippen molar-refractivity contribution < 1.29 is 18.3 Å². The molecule has 0 atom stereocenters. The summed E-state index contributed by atoms with van der Waals surface area (Å²) in [4.78, 5) is 10.6. The SMILES string of the molecule is NC(=O)/C=C\c1ccc(COc2ccc(F)c(Cl)c2)o1. The van der Waals surface area contributed by atoms with Gasteiger partial charge in [0.25, 0.3) is 0 Å². The third-order valence-corrected chi connectivity index (χ3v) is 2.66. The molecule has 0 saturated carbocycles. The van der Waals surface area contributed by atoms with E-state index in [0.717, 1.165) is 0 Å². The fraction of sp³-hybridized carbons (Fsp3) is 0.0714. The van der Waals surface area contributed by atoms with Gasteiger partial charge in [-0.05, 0) is 30.3 Å². The van der Waals surface area contributed by atoms with Crippen molar-refractivity contribution in [2.24, 2.45) is 5.73 Å². The molecule has 0 radical (unpaired) electrons. The molecule has 2 rings (SSSR count). The Labute approximate surface area is 119 Å². The van der Waals surface area contributed by atoms with Crippen LogP contribution in [-0.4, -0.2) is 5.91 Å². The molecule has 1 aromatic heterocycles. The van der Waals surface area contributed by atoms with Crippen LogP contribution in [0.3, 0.4) is 0 Å². The van der Waals surface area contributed by atoms with Gasteiger partial charge in [-0.3, -0.25) is 4.79 Å². The van der Waals surface area contributed by atoms with Crippen LogP contribution in [0.4, 0.5) is 4.39 Å². The van der Waals surface area contributed by atoms with Crippen LogP contribution in [0.5, 0.6) is 5.75 Å². The van der Waals surface area contributed by atoms with Gasteiger partial charge in [0.05, 0.1) is 5.02 Å². The number of halogens is 2. The van der Waals surface area contributed by atoms with Gasteiger partial charge in [-0.1, -0.05) is 11.6 Å². The quantitative estimate of drug-likeness (QED) is 0.862. The number of benzene rings is 1. The molecule has 0 fully saturated rings. The lowest BCUT2D eigenvalue weighted by molar-refractivity contribution is -0.113. The van der Waals surface area contributed by atoms with Crippen molar-refractivity contribution in [3.05, 3.63) is 58.8 Å². The lowest BCUT2D eigenvalue weighted by Gasteiger charge is -2.04. The second-order valence-corrected chi connectivity index (χ2v) is 4.31. The molecule has 0 spiro atoms. The van der Waals surface area contributed by atoms with E-state index >= 15 is 0 Å². The maximum Gasteiger partial charge on any atom is 0.241 e. The summed E-state index contributed by atoms with van der Waals surface area (Å²) in [6.07, 6.45) is 2.66. The molecule has 104 valence electrons. The first-order valence-corrected chi connectivity index (χ1v) is 6.06. The largest absolute Gasteiger partial charge is 0.486 e. The second-order valence-electron chi connectivity index (χ2n) is 3.90. The van der Waals surface area contributed by atoms with E-state index in [2.05, 4.69) is 0 Å². The van der Waals surface area contributed by atoms with Crippen molar-refractivity contribution in [2.45, 2.75) is 6.61 Å². The maximum absolute atomic E-state index is 13.0. The molecular weight excluding hydrogens is 285 g/mol. The summed E-state index contributed by atoms with van der Waals surface area (Å²) in [5, 5.41) is -0.00738. The van der Waals surface area contributed by atoms with Crippen molar-refractivity contribution in [2.75, 3.05) is 0 Å². The van der Waals surface area contributed by atoms with Crippen LogP contribution in [0, 0.1) is 5.82 Å². The Morgan fingerprint density at radius 3 is 2.90 bits per heavy atom. The molecule has 1 aromatic carbocycles. The predicted molar refractivity (Wildman–Crippen MR) is 72.7 cm³/mol. The zero-order valence-electron chi connectivity index (χ0n) is 10.3. The zero-order chi connectivity index (χ0) is 14.5. The maximum atomic E-state index is 13.0. The molecule has 1 amide bonds. The van der Waals surface area contributed by atoms with Crippen LogP contribution in [0.1, 0.15) is 11.5 Å². The Morgan fingerprint density at radius 1 is 1.40 bits per heavy atom. The molecule has 2 aromatic rings. The number of ether oxygens (including phenoxy) is 1. The van der Waals surface area contributed by atoms with Gasteiger partial charge in [0.1, 0.15) is 29.7 Å². The van der Waals surface area contributed by atoms with Crippen LogP contribution < -0.4 is 10.5 Å². The normalized spacial score (nSPS) is 10.9. The molecule has 0 bridgehead atoms. The van der Waals surface area contributed by atoms with Gasteiger partial charge in [0.15, 0.2) is 0 Å². The van der Waals surface area contributed by atoms with Crippen LogP contribution >= 0.6 is 11.6 Å². The van der Waals surface area contributed by atoms with Gasteiger partial charge in [-0.2, -0.15) is 0 Å². The summed E-state index contributed by atoms with van der Waals surface area (Å²) in [6, 6.07) is 7.45. The first-order chi connectivity index (χ1) is 9.54. The highest BCUT2D eigenvalue weighted by Gasteiger charge is 2.04. The molecule has 6 heteroatoms. The third-order valence-electron chi connectivity index (χ3n) is 2.37. The Morgan fingerprint density at radius 2 is 2.20 bits per heavy atom. The Kier molecular flexibility index (Phi) is 4.42. The van der Waals surface area contributed by atoms with Crippen molar-refractivity contribution in [1.29, 1.82) is 0 Å². The number of furan rings is 1. The molecule has 0 aliphatic rings. The predicted octanol–water partition coefficient (Wildman–Crippen LogP) is 3.15. The van der Waals surface area contributed by atoms with E-state index in [0.29, 0.717) is 17.3 Å². The molecule has 0 aliphatic carbocycles. The average Bonchev–Trinajstić information content (AvgIpc) is 2.86. The van der Waals surface area contributed by atoms with E-state index in [1.807, 2.05) is 0 Å². The third kappa shape index (κ3) is 3.86. The summed E-state index contributed by atoms with van der Waals surface area (Å²) in [6.45, 7) is 0.159. The molecule has 1 heterocycles. The lowest BCUT2D eigenvalue weighted by Crippen LogP contribution is -2.04. The molecular formula is C14H11ClFNO3. The summed E-state index contributed by atoms with van der Waals surface area (Å²) >= 11 is 5.64. The van der Waals surface area contributed by atoms with Crippen LogP contribution in [0.2, 0.25) is 5.02 Å². The number of hydrogen-bond donors (Lipinski definition) is 1. The first kappa shape index (κ1) is 14.1. The number of carbonyl (C=O) groups is 1. The summed E-state index contributed by atoms with van der Waals surface area (Å²) in [7, 11) is 0. The first-order valence-electron chi connectivity index (χ1n) is 5.68. The van der Waals surface area contributed by atoms with E-state index in [4.69, 9.17) is 26.5 Å². The number of amides is 1. The second kappa shape index (κ2) is 6.25. The monoisotopic (exact) mass is 295 g/mol. The van der Waals surface area contributed by atoms with Gasteiger partial charge >= 0.3 is 0 Å². The minimum atomic E-state index is -0.555. The zero-order valence-corrected chi connectivity index (χ0v) is 11.1. The van der Waals surface area contributed by atoms with E-state index in [-0.39, 0.29) is 11.6 Å². The van der Waals surface area contributed by atoms with Gasteiger partial charge in [-0.15, -0.1) is 0 Å². The minimum absolute atomic E-state index is 0.00738. The van der Waals surface area contributed by atoms with Crippen LogP contribution in [0.15, 0.2) is 40.8 Å². The average molecular weight is 296 g/mol. The van der Waals surface area contributed by atoms with Crippen LogP contribution in [0.25, 0.3) is 6.08 Å². The van der Waals surface area contributed by atoms with Gasteiger partial charge < -0.3 is 14.9 Å². The molecule has 0 unspecified atom stereocenters. The van der Waals surface area contributed by atoms with Crippen molar-refractivity contribution in [3.63, 3.8) is 0 Å². The number of primary amides is 1. The van der Waals surface area contributed by atoms with Gasteiger partial charge in [-0.25, -0.2) is 4.39 Å². The minimum Gasteiger partial charge on any atom is -0.486 e. The summed E-state index contributed by atoms with van der Waals surface area (Å²) in [5.74, 6) is 0.409. The highest BCUT2D eigenvalue weighted by molar-refractivity contribution is 6.30. The van der Waals surface area contributed by atoms with Crippen molar-refractivity contribution in [3.8, 4) is 5.75 Å². The number of rotatable bonds is 5. The fourth-order valence-corrected chi connectivity index (χ4v) is 1.62. The molecule has 2 N–H and O–H groups in total. The van der Waals surface area contributed by atoms with Crippen molar-refractivity contribution in [1.82, 2.24) is 0 Å². The smallest absolute Gasteiger partial charge is 0.241 e. The van der Waals surface area contributed by atoms with Crippen LogP contribution in [-0.2, 0) is 11.4 Å². The molecule has 4 nitrogen and oxygen atoms in total. The van der Waals surface area contributed by atoms with Crippen molar-refractivity contribution >= 4 is 23.6 Å². The molecule has 20 heavy (non-hydrogen) atoms. The molecule has 0 saturated heterocycles. The number of carbonyl (C=O) groups excluding carboxylic acids is 1. The Balaban J connectivity index is 1.97. The van der Waals surface area contributed by atoms with E-state index in [1.54, 1.807) is 12.1 Å². The number of hydrogen-bond acceptors (Lipinski definition) is 3. The Bertz CT molecular complexity index is 652. The van der Waals surface area contributed by atoms with Gasteiger partial charge in [0.2, 0.25) is 5.91 Å². The standard InChI is InChI=1S/C14H11ClFNO3/c15-12-7-10(3-5-13(12)16)19-8-11-2-1-9(20-11)4-6-14(17)18/h1-7H,8H2,(H2,17,18)/b6-4-. The summed E-state index contributed by atoms with van der Waals surface area (Å²) in [5.41, 5.74) is 4.97. The van der Waals surface area contributed by atoms with Gasteiger partial charge in [0, 0.05) is 12.1 Å². The Hall–Kier alpha value is -2.27. The van der Waals surface area contributed by atoms with E-state index < -0.39 is 11.7 Å². The van der Waals surface area contributed by atoms with E-state index in [9.17, 15) is 9.18 Å². The fourth-order valence-electron chi connectivity index (χ4n) is 1.45.